The number of nitrogens with zero attached hydrogens (tertiary/aromatic N) is 2. The molecule has 140 valence electrons. The normalized spacial score (nSPS) is 10.7. The molecule has 5 nitrogen and oxygen atoms in total. The van der Waals surface area contributed by atoms with Crippen molar-refractivity contribution in [3.05, 3.63) is 75.0 Å². The van der Waals surface area contributed by atoms with Crippen molar-refractivity contribution >= 4 is 34.8 Å². The molecule has 3 aromatic rings. The fourth-order valence-corrected chi connectivity index (χ4v) is 3.31. The van der Waals surface area contributed by atoms with Gasteiger partial charge < -0.3 is 10.1 Å². The molecule has 0 spiro atoms. The van der Waals surface area contributed by atoms with Gasteiger partial charge in [0.2, 0.25) is 0 Å². The molecular formula is C20H19Cl2N3O2. The molecule has 0 aliphatic carbocycles. The number of hydrogen-bond acceptors (Lipinski definition) is 3. The molecule has 0 bridgehead atoms. The van der Waals surface area contributed by atoms with Gasteiger partial charge in [-0.05, 0) is 50.2 Å². The lowest BCUT2D eigenvalue weighted by atomic mass is 10.2. The van der Waals surface area contributed by atoms with E-state index in [1.165, 1.54) is 0 Å². The molecule has 0 aliphatic rings. The van der Waals surface area contributed by atoms with Gasteiger partial charge in [-0.15, -0.1) is 0 Å². The van der Waals surface area contributed by atoms with E-state index < -0.39 is 0 Å². The topological polar surface area (TPSA) is 56.1 Å². The van der Waals surface area contributed by atoms with E-state index in [0.717, 1.165) is 17.0 Å². The molecule has 0 saturated carbocycles. The van der Waals surface area contributed by atoms with Crippen LogP contribution in [0, 0.1) is 13.8 Å². The SMILES string of the molecule is COc1ccc(C(=O)Nc2c(C)nn(Cc3c(Cl)cccc3Cl)c2C)cc1. The quantitative estimate of drug-likeness (QED) is 0.643. The number of halogens is 2. The number of carbonyl (C=O) groups excluding carboxylic acids is 1. The summed E-state index contributed by atoms with van der Waals surface area (Å²) in [5.74, 6) is 0.488. The molecule has 1 heterocycles. The van der Waals surface area contributed by atoms with E-state index in [1.54, 1.807) is 54.3 Å². The summed E-state index contributed by atoms with van der Waals surface area (Å²) in [6.45, 7) is 4.17. The van der Waals surface area contributed by atoms with Crippen molar-refractivity contribution in [1.82, 2.24) is 9.78 Å². The van der Waals surface area contributed by atoms with Crippen LogP contribution in [-0.2, 0) is 6.54 Å². The van der Waals surface area contributed by atoms with Crippen LogP contribution in [0.25, 0.3) is 0 Å². The number of methoxy groups -OCH3 is 1. The summed E-state index contributed by atoms with van der Waals surface area (Å²) in [4.78, 5) is 12.6. The third-order valence-corrected chi connectivity index (χ3v) is 5.05. The van der Waals surface area contributed by atoms with Gasteiger partial charge in [0.05, 0.1) is 30.7 Å². The van der Waals surface area contributed by atoms with Crippen LogP contribution in [0.5, 0.6) is 5.75 Å². The van der Waals surface area contributed by atoms with E-state index in [2.05, 4.69) is 10.4 Å². The molecule has 3 rings (SSSR count). The Hall–Kier alpha value is -2.50. The Bertz CT molecular complexity index is 961. The smallest absolute Gasteiger partial charge is 0.255 e. The van der Waals surface area contributed by atoms with E-state index in [1.807, 2.05) is 13.8 Å². The number of benzene rings is 2. The molecule has 7 heteroatoms. The molecule has 1 aromatic heterocycles. The lowest BCUT2D eigenvalue weighted by Crippen LogP contribution is -2.13. The molecule has 0 unspecified atom stereocenters. The van der Waals surface area contributed by atoms with E-state index in [9.17, 15) is 4.79 Å². The van der Waals surface area contributed by atoms with Crippen molar-refractivity contribution in [1.29, 1.82) is 0 Å². The summed E-state index contributed by atoms with van der Waals surface area (Å²) in [5, 5.41) is 8.63. The van der Waals surface area contributed by atoms with Crippen LogP contribution in [0.1, 0.15) is 27.3 Å². The molecule has 0 saturated heterocycles. The lowest BCUT2D eigenvalue weighted by molar-refractivity contribution is 0.102. The second-order valence-corrected chi connectivity index (χ2v) is 6.90. The molecule has 1 amide bonds. The fourth-order valence-electron chi connectivity index (χ4n) is 2.79. The third kappa shape index (κ3) is 4.10. The summed E-state index contributed by atoms with van der Waals surface area (Å²) in [6.07, 6.45) is 0. The predicted octanol–water partition coefficient (Wildman–Crippen LogP) is 5.12. The summed E-state index contributed by atoms with van der Waals surface area (Å²) >= 11 is 12.5. The second kappa shape index (κ2) is 8.03. The van der Waals surface area contributed by atoms with Crippen LogP contribution in [0.3, 0.4) is 0 Å². The Balaban J connectivity index is 1.84. The molecule has 0 fully saturated rings. The summed E-state index contributed by atoms with van der Waals surface area (Å²) in [7, 11) is 1.58. The van der Waals surface area contributed by atoms with Crippen molar-refractivity contribution in [3.8, 4) is 5.75 Å². The average Bonchev–Trinajstić information content (AvgIpc) is 2.92. The minimum absolute atomic E-state index is 0.209. The number of carbonyl (C=O) groups is 1. The minimum Gasteiger partial charge on any atom is -0.497 e. The summed E-state index contributed by atoms with van der Waals surface area (Å²) in [5.41, 5.74) is 3.55. The third-order valence-electron chi connectivity index (χ3n) is 4.34. The van der Waals surface area contributed by atoms with Crippen molar-refractivity contribution < 1.29 is 9.53 Å². The molecular weight excluding hydrogens is 385 g/mol. The van der Waals surface area contributed by atoms with Gasteiger partial charge in [-0.1, -0.05) is 29.3 Å². The van der Waals surface area contributed by atoms with Gasteiger partial charge in [0.25, 0.3) is 5.91 Å². The fraction of sp³-hybridized carbons (Fsp3) is 0.200. The highest BCUT2D eigenvalue weighted by atomic mass is 35.5. The van der Waals surface area contributed by atoms with E-state index in [-0.39, 0.29) is 5.91 Å². The summed E-state index contributed by atoms with van der Waals surface area (Å²) in [6, 6.07) is 12.3. The maximum atomic E-state index is 12.6. The zero-order valence-corrected chi connectivity index (χ0v) is 16.7. The Morgan fingerprint density at radius 3 is 2.33 bits per heavy atom. The number of aryl methyl sites for hydroxylation is 1. The van der Waals surface area contributed by atoms with Crippen LogP contribution >= 0.6 is 23.2 Å². The van der Waals surface area contributed by atoms with Gasteiger partial charge in [-0.25, -0.2) is 0 Å². The van der Waals surface area contributed by atoms with Crippen LogP contribution in [0.2, 0.25) is 10.0 Å². The van der Waals surface area contributed by atoms with Crippen LogP contribution < -0.4 is 10.1 Å². The maximum absolute atomic E-state index is 12.6. The monoisotopic (exact) mass is 403 g/mol. The van der Waals surface area contributed by atoms with Crippen molar-refractivity contribution in [2.75, 3.05) is 12.4 Å². The van der Waals surface area contributed by atoms with Gasteiger partial charge in [0, 0.05) is 21.2 Å². The van der Waals surface area contributed by atoms with Crippen LogP contribution in [0.15, 0.2) is 42.5 Å². The number of aromatic nitrogens is 2. The standard InChI is InChI=1S/C20H19Cl2N3O2/c1-12-19(23-20(26)14-7-9-15(27-3)10-8-14)13(2)25(24-12)11-16-17(21)5-4-6-18(16)22/h4-10H,11H2,1-3H3,(H,23,26). The molecule has 0 atom stereocenters. The van der Waals surface area contributed by atoms with Crippen molar-refractivity contribution in [3.63, 3.8) is 0 Å². The average molecular weight is 404 g/mol. The van der Waals surface area contributed by atoms with E-state index in [4.69, 9.17) is 27.9 Å². The zero-order valence-electron chi connectivity index (χ0n) is 15.2. The van der Waals surface area contributed by atoms with Crippen LogP contribution in [0.4, 0.5) is 5.69 Å². The van der Waals surface area contributed by atoms with Gasteiger partial charge in [0.1, 0.15) is 5.75 Å². The number of anilines is 1. The van der Waals surface area contributed by atoms with E-state index >= 15 is 0 Å². The highest BCUT2D eigenvalue weighted by molar-refractivity contribution is 6.36. The highest BCUT2D eigenvalue weighted by Gasteiger charge is 2.17. The van der Waals surface area contributed by atoms with Gasteiger partial charge in [0.15, 0.2) is 0 Å². The minimum atomic E-state index is -0.209. The van der Waals surface area contributed by atoms with E-state index in [0.29, 0.717) is 33.6 Å². The van der Waals surface area contributed by atoms with Crippen molar-refractivity contribution in [2.45, 2.75) is 20.4 Å². The van der Waals surface area contributed by atoms with Crippen LogP contribution in [-0.4, -0.2) is 22.8 Å². The van der Waals surface area contributed by atoms with Crippen molar-refractivity contribution in [2.24, 2.45) is 0 Å². The highest BCUT2D eigenvalue weighted by Crippen LogP contribution is 2.27. The molecule has 1 N–H and O–H groups in total. The summed E-state index contributed by atoms with van der Waals surface area (Å²) < 4.78 is 6.90. The largest absolute Gasteiger partial charge is 0.497 e. The number of hydrogen-bond donors (Lipinski definition) is 1. The first-order valence-corrected chi connectivity index (χ1v) is 9.08. The van der Waals surface area contributed by atoms with Gasteiger partial charge in [-0.2, -0.15) is 5.10 Å². The van der Waals surface area contributed by atoms with Gasteiger partial charge >= 0.3 is 0 Å². The Morgan fingerprint density at radius 2 is 1.74 bits per heavy atom. The molecule has 27 heavy (non-hydrogen) atoms. The lowest BCUT2D eigenvalue weighted by Gasteiger charge is -2.10. The predicted molar refractivity (Wildman–Crippen MR) is 108 cm³/mol. The molecule has 0 radical (unpaired) electrons. The first kappa shape index (κ1) is 19.3. The van der Waals surface area contributed by atoms with Gasteiger partial charge in [-0.3, -0.25) is 9.48 Å². The zero-order chi connectivity index (χ0) is 19.6. The molecule has 2 aromatic carbocycles. The number of ether oxygens (including phenoxy) is 1. The Morgan fingerprint density at radius 1 is 1.11 bits per heavy atom. The first-order chi connectivity index (χ1) is 12.9. The Kier molecular flexibility index (Phi) is 5.73. The Labute approximate surface area is 167 Å². The number of nitrogens with one attached hydrogen (secondary N) is 1. The maximum Gasteiger partial charge on any atom is 0.255 e. The number of amides is 1. The second-order valence-electron chi connectivity index (χ2n) is 6.09. The molecule has 0 aliphatic heterocycles. The first-order valence-electron chi connectivity index (χ1n) is 8.33. The number of rotatable bonds is 5.